The number of sulfonamides is 1. The van der Waals surface area contributed by atoms with Crippen molar-refractivity contribution in [1.29, 1.82) is 0 Å². The van der Waals surface area contributed by atoms with E-state index in [0.29, 0.717) is 25.3 Å². The molecule has 1 aromatic heterocycles. The largest absolute Gasteiger partial charge is 0.388 e. The van der Waals surface area contributed by atoms with Crippen molar-refractivity contribution in [3.8, 4) is 0 Å². The maximum atomic E-state index is 11.4. The Hall–Kier alpha value is -1.18. The van der Waals surface area contributed by atoms with Crippen molar-refractivity contribution in [3.05, 3.63) is 18.3 Å². The summed E-state index contributed by atoms with van der Waals surface area (Å²) in [6.07, 6.45) is 2.09. The van der Waals surface area contributed by atoms with Crippen molar-refractivity contribution in [3.63, 3.8) is 0 Å². The number of nitrogens with zero attached hydrogens (tertiary/aromatic N) is 2. The molecule has 0 bridgehead atoms. The lowest BCUT2D eigenvalue weighted by atomic mass is 10.1. The molecule has 3 N–H and O–H groups in total. The number of aromatic nitrogens is 1. The summed E-state index contributed by atoms with van der Waals surface area (Å²) in [4.78, 5) is 5.78. The lowest BCUT2D eigenvalue weighted by molar-refractivity contribution is 0.0838. The maximum Gasteiger partial charge on any atom is 0.241 e. The van der Waals surface area contributed by atoms with E-state index in [9.17, 15) is 13.5 Å². The highest BCUT2D eigenvalue weighted by Gasteiger charge is 2.34. The van der Waals surface area contributed by atoms with E-state index in [0.717, 1.165) is 0 Å². The maximum absolute atomic E-state index is 11.4. The van der Waals surface area contributed by atoms with Crippen LogP contribution in [-0.2, 0) is 10.0 Å². The van der Waals surface area contributed by atoms with Gasteiger partial charge in [-0.3, -0.25) is 0 Å². The van der Waals surface area contributed by atoms with Crippen LogP contribution in [0.1, 0.15) is 13.3 Å². The fourth-order valence-electron chi connectivity index (χ4n) is 1.97. The Morgan fingerprint density at radius 2 is 2.29 bits per heavy atom. The molecule has 0 aromatic carbocycles. The number of nitrogens with two attached hydrogens (primary N) is 1. The molecule has 0 amide bonds. The van der Waals surface area contributed by atoms with Gasteiger partial charge in [-0.15, -0.1) is 0 Å². The van der Waals surface area contributed by atoms with Crippen molar-refractivity contribution >= 4 is 15.8 Å². The summed E-state index contributed by atoms with van der Waals surface area (Å²) in [6.45, 7) is 2.63. The first kappa shape index (κ1) is 12.3. The summed E-state index contributed by atoms with van der Waals surface area (Å²) in [5.41, 5.74) is -0.812. The van der Waals surface area contributed by atoms with Crippen LogP contribution in [0.3, 0.4) is 0 Å². The van der Waals surface area contributed by atoms with E-state index in [2.05, 4.69) is 4.98 Å². The molecule has 2 heterocycles. The second-order valence-electron chi connectivity index (χ2n) is 4.54. The number of rotatable bonds is 2. The van der Waals surface area contributed by atoms with Gasteiger partial charge < -0.3 is 10.0 Å². The standard InChI is InChI=1S/C10H15N3O3S/c1-10(14)4-6-13(7-10)9-8(17(11,15)16)3-2-5-12-9/h2-3,5,14H,4,6-7H2,1H3,(H2,11,15,16). The SMILES string of the molecule is CC1(O)CCN(c2ncccc2S(N)(=O)=O)C1. The summed E-state index contributed by atoms with van der Waals surface area (Å²) >= 11 is 0. The predicted octanol–water partition coefficient (Wildman–Crippen LogP) is -0.310. The van der Waals surface area contributed by atoms with Crippen LogP contribution < -0.4 is 10.0 Å². The number of primary sulfonamides is 1. The van der Waals surface area contributed by atoms with E-state index < -0.39 is 15.6 Å². The molecule has 1 aliphatic rings. The van der Waals surface area contributed by atoms with Crippen LogP contribution in [0.25, 0.3) is 0 Å². The van der Waals surface area contributed by atoms with Crippen LogP contribution in [-0.4, -0.2) is 37.2 Å². The quantitative estimate of drug-likeness (QED) is 0.757. The van der Waals surface area contributed by atoms with Gasteiger partial charge in [0.05, 0.1) is 5.60 Å². The summed E-state index contributed by atoms with van der Waals surface area (Å²) in [5, 5.41) is 15.0. The van der Waals surface area contributed by atoms with Crippen LogP contribution in [0.5, 0.6) is 0 Å². The number of pyridine rings is 1. The molecule has 0 radical (unpaired) electrons. The lowest BCUT2D eigenvalue weighted by Gasteiger charge is -2.21. The Balaban J connectivity index is 2.41. The van der Waals surface area contributed by atoms with Gasteiger partial charge in [0, 0.05) is 19.3 Å². The van der Waals surface area contributed by atoms with E-state index in [1.165, 1.54) is 18.3 Å². The van der Waals surface area contributed by atoms with Crippen LogP contribution in [0.4, 0.5) is 5.82 Å². The van der Waals surface area contributed by atoms with Gasteiger partial charge in [0.1, 0.15) is 10.7 Å². The van der Waals surface area contributed by atoms with Crippen molar-refractivity contribution < 1.29 is 13.5 Å². The molecule has 1 atom stereocenters. The van der Waals surface area contributed by atoms with Gasteiger partial charge in [0.15, 0.2) is 0 Å². The summed E-state index contributed by atoms with van der Waals surface area (Å²) in [6, 6.07) is 2.95. The van der Waals surface area contributed by atoms with Gasteiger partial charge in [-0.2, -0.15) is 0 Å². The highest BCUT2D eigenvalue weighted by Crippen LogP contribution is 2.28. The number of anilines is 1. The van der Waals surface area contributed by atoms with Gasteiger partial charge in [-0.05, 0) is 25.5 Å². The second kappa shape index (κ2) is 3.94. The Labute approximate surface area is 100 Å². The Morgan fingerprint density at radius 1 is 1.59 bits per heavy atom. The molecule has 17 heavy (non-hydrogen) atoms. The molecule has 6 nitrogen and oxygen atoms in total. The lowest BCUT2D eigenvalue weighted by Crippen LogP contribution is -2.31. The van der Waals surface area contributed by atoms with Gasteiger partial charge in [-0.1, -0.05) is 0 Å². The van der Waals surface area contributed by atoms with Crippen molar-refractivity contribution in [2.24, 2.45) is 5.14 Å². The van der Waals surface area contributed by atoms with Crippen LogP contribution in [0.2, 0.25) is 0 Å². The molecular weight excluding hydrogens is 242 g/mol. The average Bonchev–Trinajstić information content (AvgIpc) is 2.58. The van der Waals surface area contributed by atoms with Crippen LogP contribution in [0.15, 0.2) is 23.2 Å². The van der Waals surface area contributed by atoms with E-state index in [1.807, 2.05) is 0 Å². The summed E-state index contributed by atoms with van der Waals surface area (Å²) in [5.74, 6) is 0.313. The molecule has 1 saturated heterocycles. The first-order chi connectivity index (χ1) is 7.80. The molecule has 0 aliphatic carbocycles. The predicted molar refractivity (Wildman–Crippen MR) is 63.1 cm³/mol. The topological polar surface area (TPSA) is 96.5 Å². The van der Waals surface area contributed by atoms with Crippen molar-refractivity contribution in [1.82, 2.24) is 4.98 Å². The van der Waals surface area contributed by atoms with Crippen LogP contribution >= 0.6 is 0 Å². The highest BCUT2D eigenvalue weighted by atomic mass is 32.2. The monoisotopic (exact) mass is 257 g/mol. The zero-order valence-corrected chi connectivity index (χ0v) is 10.3. The zero-order chi connectivity index (χ0) is 12.7. The molecule has 2 rings (SSSR count). The second-order valence-corrected chi connectivity index (χ2v) is 6.07. The molecule has 94 valence electrons. The zero-order valence-electron chi connectivity index (χ0n) is 9.50. The number of aliphatic hydroxyl groups is 1. The Bertz CT molecular complexity index is 527. The summed E-state index contributed by atoms with van der Waals surface area (Å²) in [7, 11) is -3.79. The molecule has 1 aromatic rings. The molecule has 0 spiro atoms. The fourth-order valence-corrected chi connectivity index (χ4v) is 2.67. The Kier molecular flexibility index (Phi) is 2.84. The molecule has 1 fully saturated rings. The van der Waals surface area contributed by atoms with Crippen molar-refractivity contribution in [2.45, 2.75) is 23.8 Å². The number of β-amino-alcohol motifs (C(OH)–C–C–N with tert-alkyl or cyclic N) is 1. The van der Waals surface area contributed by atoms with Gasteiger partial charge in [0.25, 0.3) is 0 Å². The fraction of sp³-hybridized carbons (Fsp3) is 0.500. The molecule has 0 saturated carbocycles. The Morgan fingerprint density at radius 3 is 2.82 bits per heavy atom. The van der Waals surface area contributed by atoms with Crippen LogP contribution in [0, 0.1) is 0 Å². The number of hydrogen-bond acceptors (Lipinski definition) is 5. The van der Waals surface area contributed by atoms with Crippen molar-refractivity contribution in [2.75, 3.05) is 18.0 Å². The number of hydrogen-bond donors (Lipinski definition) is 2. The van der Waals surface area contributed by atoms with Gasteiger partial charge in [0.2, 0.25) is 10.0 Å². The third-order valence-corrected chi connectivity index (χ3v) is 3.74. The minimum Gasteiger partial charge on any atom is -0.388 e. The molecular formula is C10H15N3O3S. The average molecular weight is 257 g/mol. The summed E-state index contributed by atoms with van der Waals surface area (Å²) < 4.78 is 22.8. The van der Waals surface area contributed by atoms with Gasteiger partial charge in [-0.25, -0.2) is 18.5 Å². The van der Waals surface area contributed by atoms with E-state index in [-0.39, 0.29) is 4.90 Å². The highest BCUT2D eigenvalue weighted by molar-refractivity contribution is 7.89. The third-order valence-electron chi connectivity index (χ3n) is 2.81. The normalized spacial score (nSPS) is 25.2. The van der Waals surface area contributed by atoms with Gasteiger partial charge >= 0.3 is 0 Å². The van der Waals surface area contributed by atoms with E-state index in [4.69, 9.17) is 5.14 Å². The van der Waals surface area contributed by atoms with E-state index >= 15 is 0 Å². The molecule has 7 heteroatoms. The third kappa shape index (κ3) is 2.56. The first-order valence-electron chi connectivity index (χ1n) is 5.25. The first-order valence-corrected chi connectivity index (χ1v) is 6.79. The smallest absolute Gasteiger partial charge is 0.241 e. The minimum atomic E-state index is -3.79. The van der Waals surface area contributed by atoms with E-state index in [1.54, 1.807) is 11.8 Å². The minimum absolute atomic E-state index is 0.00213. The molecule has 1 unspecified atom stereocenters. The molecule has 1 aliphatic heterocycles.